The van der Waals surface area contributed by atoms with E-state index in [0.29, 0.717) is 0 Å². The van der Waals surface area contributed by atoms with Crippen molar-refractivity contribution in [2.24, 2.45) is 5.92 Å². The van der Waals surface area contributed by atoms with E-state index in [2.05, 4.69) is 48.3 Å². The first-order chi connectivity index (χ1) is 8.78. The van der Waals surface area contributed by atoms with Crippen LogP contribution >= 0.6 is 0 Å². The number of nitrogens with one attached hydrogen (secondary N) is 1. The van der Waals surface area contributed by atoms with E-state index in [9.17, 15) is 0 Å². The zero-order chi connectivity index (χ0) is 12.8. The summed E-state index contributed by atoms with van der Waals surface area (Å²) >= 11 is 0. The first-order valence-electron chi connectivity index (χ1n) is 7.33. The van der Waals surface area contributed by atoms with E-state index in [1.807, 2.05) is 0 Å². The number of nitrogens with zero attached hydrogens (tertiary/aromatic N) is 1. The Labute approximate surface area is 111 Å². The third kappa shape index (κ3) is 4.02. The molecule has 1 aliphatic rings. The molecule has 0 bridgehead atoms. The van der Waals surface area contributed by atoms with Gasteiger partial charge in [0, 0.05) is 18.8 Å². The van der Waals surface area contributed by atoms with Crippen LogP contribution in [0.1, 0.15) is 38.7 Å². The van der Waals surface area contributed by atoms with E-state index in [1.54, 1.807) is 0 Å². The lowest BCUT2D eigenvalue weighted by Gasteiger charge is -2.30. The van der Waals surface area contributed by atoms with Gasteiger partial charge in [0.1, 0.15) is 0 Å². The molecule has 1 fully saturated rings. The average Bonchev–Trinajstić information content (AvgIpc) is 2.41. The average molecular weight is 246 g/mol. The molecule has 1 heterocycles. The van der Waals surface area contributed by atoms with Crippen molar-refractivity contribution in [1.82, 2.24) is 4.90 Å². The number of rotatable bonds is 5. The third-order valence-electron chi connectivity index (χ3n) is 3.82. The molecule has 0 radical (unpaired) electrons. The summed E-state index contributed by atoms with van der Waals surface area (Å²) in [6.07, 6.45) is 3.89. The van der Waals surface area contributed by atoms with Crippen LogP contribution in [-0.2, 0) is 6.54 Å². The van der Waals surface area contributed by atoms with Crippen molar-refractivity contribution < 1.29 is 0 Å². The van der Waals surface area contributed by atoms with E-state index in [0.717, 1.165) is 19.0 Å². The Morgan fingerprint density at radius 1 is 1.17 bits per heavy atom. The summed E-state index contributed by atoms with van der Waals surface area (Å²) < 4.78 is 0. The first-order valence-corrected chi connectivity index (χ1v) is 7.33. The first kappa shape index (κ1) is 13.4. The number of likely N-dealkylation sites (tertiary alicyclic amines) is 1. The Hall–Kier alpha value is -1.02. The SMILES string of the molecule is CCCNc1ccc(CN2CCC(C)CC2)cc1. The highest BCUT2D eigenvalue weighted by Gasteiger charge is 2.15. The lowest BCUT2D eigenvalue weighted by molar-refractivity contribution is 0.185. The van der Waals surface area contributed by atoms with Gasteiger partial charge in [0.25, 0.3) is 0 Å². The van der Waals surface area contributed by atoms with Crippen LogP contribution in [0.25, 0.3) is 0 Å². The van der Waals surface area contributed by atoms with Crippen LogP contribution in [0, 0.1) is 5.92 Å². The van der Waals surface area contributed by atoms with Crippen LogP contribution in [0.3, 0.4) is 0 Å². The molecule has 2 rings (SSSR count). The molecule has 2 heteroatoms. The molecule has 1 aromatic carbocycles. The molecule has 1 aliphatic heterocycles. The zero-order valence-electron chi connectivity index (χ0n) is 11.8. The van der Waals surface area contributed by atoms with Crippen molar-refractivity contribution in [1.29, 1.82) is 0 Å². The molecule has 0 atom stereocenters. The lowest BCUT2D eigenvalue weighted by atomic mass is 9.99. The van der Waals surface area contributed by atoms with Crippen LogP contribution in [0.4, 0.5) is 5.69 Å². The largest absolute Gasteiger partial charge is 0.385 e. The maximum atomic E-state index is 3.42. The quantitative estimate of drug-likeness (QED) is 0.851. The Balaban J connectivity index is 1.82. The summed E-state index contributed by atoms with van der Waals surface area (Å²) in [6.45, 7) is 9.25. The second-order valence-electron chi connectivity index (χ2n) is 5.58. The summed E-state index contributed by atoms with van der Waals surface area (Å²) in [7, 11) is 0. The predicted octanol–water partition coefficient (Wildman–Crippen LogP) is 3.74. The van der Waals surface area contributed by atoms with Crippen LogP contribution < -0.4 is 5.32 Å². The molecule has 0 amide bonds. The van der Waals surface area contributed by atoms with Gasteiger partial charge in [-0.3, -0.25) is 4.90 Å². The fraction of sp³-hybridized carbons (Fsp3) is 0.625. The molecule has 18 heavy (non-hydrogen) atoms. The van der Waals surface area contributed by atoms with Crippen molar-refractivity contribution in [2.45, 2.75) is 39.7 Å². The Kier molecular flexibility index (Phi) is 5.06. The molecule has 0 spiro atoms. The van der Waals surface area contributed by atoms with Gasteiger partial charge in [0.05, 0.1) is 0 Å². The Morgan fingerprint density at radius 2 is 1.83 bits per heavy atom. The molecule has 0 unspecified atom stereocenters. The van der Waals surface area contributed by atoms with Gasteiger partial charge in [-0.05, 0) is 56.0 Å². The van der Waals surface area contributed by atoms with Crippen LogP contribution in [0.2, 0.25) is 0 Å². The van der Waals surface area contributed by atoms with E-state index in [1.165, 1.54) is 43.6 Å². The minimum absolute atomic E-state index is 0.918. The van der Waals surface area contributed by atoms with E-state index < -0.39 is 0 Å². The predicted molar refractivity (Wildman–Crippen MR) is 78.9 cm³/mol. The summed E-state index contributed by atoms with van der Waals surface area (Å²) in [4.78, 5) is 2.58. The standard InChI is InChI=1S/C16H26N2/c1-3-10-17-16-6-4-15(5-7-16)13-18-11-8-14(2)9-12-18/h4-7,14,17H,3,8-13H2,1-2H3. The second kappa shape index (κ2) is 6.79. The summed E-state index contributed by atoms with van der Waals surface area (Å²) in [5.74, 6) is 0.918. The molecule has 1 N–H and O–H groups in total. The minimum atomic E-state index is 0.918. The number of hydrogen-bond donors (Lipinski definition) is 1. The van der Waals surface area contributed by atoms with Gasteiger partial charge >= 0.3 is 0 Å². The lowest BCUT2D eigenvalue weighted by Crippen LogP contribution is -2.32. The molecule has 1 saturated heterocycles. The van der Waals surface area contributed by atoms with E-state index >= 15 is 0 Å². The van der Waals surface area contributed by atoms with Gasteiger partial charge in [0.2, 0.25) is 0 Å². The van der Waals surface area contributed by atoms with Crippen molar-refractivity contribution in [2.75, 3.05) is 25.0 Å². The zero-order valence-corrected chi connectivity index (χ0v) is 11.8. The molecule has 100 valence electrons. The molecule has 2 nitrogen and oxygen atoms in total. The maximum Gasteiger partial charge on any atom is 0.0340 e. The van der Waals surface area contributed by atoms with Gasteiger partial charge < -0.3 is 5.32 Å². The summed E-state index contributed by atoms with van der Waals surface area (Å²) in [6, 6.07) is 8.93. The fourth-order valence-electron chi connectivity index (χ4n) is 2.48. The van der Waals surface area contributed by atoms with Gasteiger partial charge in [-0.2, -0.15) is 0 Å². The maximum absolute atomic E-state index is 3.42. The van der Waals surface area contributed by atoms with Crippen molar-refractivity contribution in [3.63, 3.8) is 0 Å². The monoisotopic (exact) mass is 246 g/mol. The molecule has 1 aromatic rings. The van der Waals surface area contributed by atoms with Crippen LogP contribution in [0.15, 0.2) is 24.3 Å². The second-order valence-corrected chi connectivity index (χ2v) is 5.58. The van der Waals surface area contributed by atoms with Crippen molar-refractivity contribution >= 4 is 5.69 Å². The van der Waals surface area contributed by atoms with Gasteiger partial charge in [-0.15, -0.1) is 0 Å². The molecular weight excluding hydrogens is 220 g/mol. The van der Waals surface area contributed by atoms with Crippen molar-refractivity contribution in [3.8, 4) is 0 Å². The summed E-state index contributed by atoms with van der Waals surface area (Å²) in [5.41, 5.74) is 2.68. The van der Waals surface area contributed by atoms with E-state index in [4.69, 9.17) is 0 Å². The number of hydrogen-bond acceptors (Lipinski definition) is 2. The summed E-state index contributed by atoms with van der Waals surface area (Å²) in [5, 5.41) is 3.42. The topological polar surface area (TPSA) is 15.3 Å². The van der Waals surface area contributed by atoms with Gasteiger partial charge in [-0.1, -0.05) is 26.0 Å². The number of benzene rings is 1. The highest BCUT2D eigenvalue weighted by Crippen LogP contribution is 2.18. The van der Waals surface area contributed by atoms with Gasteiger partial charge in [-0.25, -0.2) is 0 Å². The fourth-order valence-corrected chi connectivity index (χ4v) is 2.48. The normalized spacial score (nSPS) is 17.9. The highest BCUT2D eigenvalue weighted by molar-refractivity contribution is 5.44. The van der Waals surface area contributed by atoms with E-state index in [-0.39, 0.29) is 0 Å². The van der Waals surface area contributed by atoms with Gasteiger partial charge in [0.15, 0.2) is 0 Å². The van der Waals surface area contributed by atoms with Crippen LogP contribution in [0.5, 0.6) is 0 Å². The third-order valence-corrected chi connectivity index (χ3v) is 3.82. The molecule has 0 aliphatic carbocycles. The molecule has 0 saturated carbocycles. The molecular formula is C16H26N2. The highest BCUT2D eigenvalue weighted by atomic mass is 15.1. The Bertz CT molecular complexity index is 337. The number of piperidine rings is 1. The molecule has 0 aromatic heterocycles. The smallest absolute Gasteiger partial charge is 0.0340 e. The minimum Gasteiger partial charge on any atom is -0.385 e. The number of anilines is 1. The van der Waals surface area contributed by atoms with Crippen molar-refractivity contribution in [3.05, 3.63) is 29.8 Å². The van der Waals surface area contributed by atoms with Crippen LogP contribution in [-0.4, -0.2) is 24.5 Å². The Morgan fingerprint density at radius 3 is 2.44 bits per heavy atom.